The third-order valence-electron chi connectivity index (χ3n) is 5.07. The molecule has 5 rings (SSSR count). The molecule has 0 saturated heterocycles. The Balaban J connectivity index is 1.79. The lowest BCUT2D eigenvalue weighted by atomic mass is 10.1. The maximum Gasteiger partial charge on any atom is 0.281 e. The van der Waals surface area contributed by atoms with E-state index in [1.54, 1.807) is 24.3 Å². The second kappa shape index (κ2) is 6.79. The van der Waals surface area contributed by atoms with E-state index in [1.807, 2.05) is 54.3 Å². The number of para-hydroxylation sites is 1. The van der Waals surface area contributed by atoms with Crippen LogP contribution in [0.3, 0.4) is 0 Å². The topological polar surface area (TPSA) is 50.2 Å². The normalized spacial score (nSPS) is 15.4. The van der Waals surface area contributed by atoms with Gasteiger partial charge >= 0.3 is 0 Å². The predicted octanol–water partition coefficient (Wildman–Crippen LogP) is 5.41. The van der Waals surface area contributed by atoms with Gasteiger partial charge in [-0.05, 0) is 43.3 Å². The molecule has 1 unspecified atom stereocenters. The van der Waals surface area contributed by atoms with E-state index in [2.05, 4.69) is 5.43 Å². The molecule has 0 fully saturated rings. The van der Waals surface area contributed by atoms with Crippen LogP contribution < -0.4 is 15.9 Å². The van der Waals surface area contributed by atoms with Gasteiger partial charge in [0.25, 0.3) is 5.56 Å². The summed E-state index contributed by atoms with van der Waals surface area (Å²) in [6.45, 7) is 2.03. The highest BCUT2D eigenvalue weighted by Crippen LogP contribution is 2.42. The lowest BCUT2D eigenvalue weighted by Crippen LogP contribution is -2.28. The van der Waals surface area contributed by atoms with Gasteiger partial charge in [-0.2, -0.15) is 4.68 Å². The molecule has 4 aromatic rings. The molecule has 1 atom stereocenters. The van der Waals surface area contributed by atoms with Gasteiger partial charge in [-0.15, -0.1) is 0 Å². The highest BCUT2D eigenvalue weighted by molar-refractivity contribution is 6.36. The van der Waals surface area contributed by atoms with Gasteiger partial charge < -0.3 is 0 Å². The third kappa shape index (κ3) is 2.85. The average Bonchev–Trinajstić information content (AvgIpc) is 3.08. The Morgan fingerprint density at radius 1 is 0.931 bits per heavy atom. The van der Waals surface area contributed by atoms with E-state index in [4.69, 9.17) is 28.2 Å². The summed E-state index contributed by atoms with van der Waals surface area (Å²) in [5.41, 5.74) is 6.41. The van der Waals surface area contributed by atoms with Crippen LogP contribution in [0.25, 0.3) is 10.9 Å². The van der Waals surface area contributed by atoms with Gasteiger partial charge in [0.15, 0.2) is 0 Å². The molecule has 5 nitrogen and oxygen atoms in total. The molecule has 0 spiro atoms. The zero-order valence-corrected chi connectivity index (χ0v) is 16.9. The van der Waals surface area contributed by atoms with Crippen molar-refractivity contribution in [2.24, 2.45) is 0 Å². The number of aryl methyl sites for hydroxylation is 1. The molecule has 7 heteroatoms. The van der Waals surface area contributed by atoms with Crippen molar-refractivity contribution in [3.8, 4) is 0 Å². The van der Waals surface area contributed by atoms with Gasteiger partial charge in [-0.25, -0.2) is 4.98 Å². The Kier molecular flexibility index (Phi) is 4.23. The van der Waals surface area contributed by atoms with Crippen molar-refractivity contribution in [1.82, 2.24) is 9.66 Å². The third-order valence-corrected chi connectivity index (χ3v) is 5.73. The van der Waals surface area contributed by atoms with Crippen LogP contribution in [0.4, 0.5) is 11.6 Å². The number of fused-ring (bicyclic) bond motifs is 2. The molecular formula is C22H16Cl2N4O. The van der Waals surface area contributed by atoms with Crippen LogP contribution in [0.1, 0.15) is 17.3 Å². The Labute approximate surface area is 177 Å². The van der Waals surface area contributed by atoms with E-state index in [1.165, 1.54) is 4.68 Å². The minimum Gasteiger partial charge on any atom is -0.293 e. The second-order valence-electron chi connectivity index (χ2n) is 6.94. The lowest BCUT2D eigenvalue weighted by molar-refractivity contribution is 0.767. The monoisotopic (exact) mass is 422 g/mol. The number of hydrogen-bond donors (Lipinski definition) is 1. The number of aromatic nitrogens is 2. The number of anilines is 2. The molecule has 1 aliphatic rings. The van der Waals surface area contributed by atoms with Crippen LogP contribution in [-0.4, -0.2) is 9.66 Å². The summed E-state index contributed by atoms with van der Waals surface area (Å²) >= 11 is 13.0. The van der Waals surface area contributed by atoms with Gasteiger partial charge in [0.05, 0.1) is 10.9 Å². The van der Waals surface area contributed by atoms with Gasteiger partial charge in [0.2, 0.25) is 5.95 Å². The van der Waals surface area contributed by atoms with Crippen LogP contribution >= 0.6 is 23.2 Å². The molecule has 0 aliphatic carbocycles. The first-order valence-electron chi connectivity index (χ1n) is 9.13. The second-order valence-corrected chi connectivity index (χ2v) is 7.76. The first kappa shape index (κ1) is 18.0. The summed E-state index contributed by atoms with van der Waals surface area (Å²) in [5.74, 6) is 0.485. The van der Waals surface area contributed by atoms with Gasteiger partial charge in [0.1, 0.15) is 6.17 Å². The summed E-state index contributed by atoms with van der Waals surface area (Å²) in [4.78, 5) is 19.9. The predicted molar refractivity (Wildman–Crippen MR) is 118 cm³/mol. The molecule has 0 bridgehead atoms. The molecule has 1 aliphatic heterocycles. The van der Waals surface area contributed by atoms with E-state index < -0.39 is 6.17 Å². The largest absolute Gasteiger partial charge is 0.293 e. The van der Waals surface area contributed by atoms with Crippen molar-refractivity contribution < 1.29 is 0 Å². The van der Waals surface area contributed by atoms with Crippen molar-refractivity contribution in [2.45, 2.75) is 13.1 Å². The van der Waals surface area contributed by atoms with Gasteiger partial charge in [0, 0.05) is 21.3 Å². The Morgan fingerprint density at radius 3 is 2.34 bits per heavy atom. The van der Waals surface area contributed by atoms with E-state index in [0.29, 0.717) is 32.5 Å². The number of hydrogen-bond acceptors (Lipinski definition) is 4. The average molecular weight is 423 g/mol. The minimum absolute atomic E-state index is 0.173. The highest BCUT2D eigenvalue weighted by Gasteiger charge is 2.36. The number of nitrogens with zero attached hydrogens (tertiary/aromatic N) is 3. The molecule has 1 N–H and O–H groups in total. The van der Waals surface area contributed by atoms with Crippen LogP contribution in [-0.2, 0) is 0 Å². The fourth-order valence-corrected chi connectivity index (χ4v) is 4.23. The molecule has 0 radical (unpaired) electrons. The first-order chi connectivity index (χ1) is 14.0. The molecule has 1 aromatic heterocycles. The lowest BCUT2D eigenvalue weighted by Gasteiger charge is -2.26. The van der Waals surface area contributed by atoms with Crippen LogP contribution in [0.15, 0.2) is 71.5 Å². The molecule has 2 heterocycles. The summed E-state index contributed by atoms with van der Waals surface area (Å²) < 4.78 is 1.46. The number of nitrogens with one attached hydrogen (secondary N) is 1. The Bertz CT molecular complexity index is 1280. The SMILES string of the molecule is Cc1ccc(N2c3nc4ccccc4c(=O)n3NC2c2c(Cl)cccc2Cl)cc1. The van der Waals surface area contributed by atoms with Crippen LogP contribution in [0.2, 0.25) is 10.0 Å². The van der Waals surface area contributed by atoms with E-state index in [9.17, 15) is 4.79 Å². The standard InChI is InChI=1S/C22H16Cl2N4O/c1-13-9-11-14(12-10-13)27-20(19-16(23)6-4-7-17(19)24)26-28-21(29)15-5-2-3-8-18(15)25-22(27)28/h2-12,20,26H,1H3. The number of halogens is 2. The number of rotatable bonds is 2. The van der Waals surface area contributed by atoms with E-state index in [-0.39, 0.29) is 5.56 Å². The molecule has 3 aromatic carbocycles. The van der Waals surface area contributed by atoms with Crippen molar-refractivity contribution in [3.05, 3.63) is 98.3 Å². The molecule has 0 amide bonds. The molecular weight excluding hydrogens is 407 g/mol. The maximum atomic E-state index is 13.2. The zero-order chi connectivity index (χ0) is 20.1. The molecule has 29 heavy (non-hydrogen) atoms. The zero-order valence-electron chi connectivity index (χ0n) is 15.4. The summed E-state index contributed by atoms with van der Waals surface area (Å²) in [6.07, 6.45) is -0.490. The highest BCUT2D eigenvalue weighted by atomic mass is 35.5. The maximum absolute atomic E-state index is 13.2. The fourth-order valence-electron chi connectivity index (χ4n) is 3.63. The quantitative estimate of drug-likeness (QED) is 0.469. The first-order valence-corrected chi connectivity index (χ1v) is 9.88. The number of benzene rings is 3. The fraction of sp³-hybridized carbons (Fsp3) is 0.0909. The van der Waals surface area contributed by atoms with Crippen molar-refractivity contribution in [2.75, 3.05) is 10.3 Å². The summed E-state index contributed by atoms with van der Waals surface area (Å²) in [7, 11) is 0. The minimum atomic E-state index is -0.490. The van der Waals surface area contributed by atoms with Crippen molar-refractivity contribution in [1.29, 1.82) is 0 Å². The van der Waals surface area contributed by atoms with E-state index in [0.717, 1.165) is 11.3 Å². The van der Waals surface area contributed by atoms with Crippen LogP contribution in [0, 0.1) is 6.92 Å². The summed E-state index contributed by atoms with van der Waals surface area (Å²) in [6, 6.07) is 20.7. The Hall–Kier alpha value is -3.02. The summed E-state index contributed by atoms with van der Waals surface area (Å²) in [5, 5.41) is 1.56. The molecule has 0 saturated carbocycles. The Morgan fingerprint density at radius 2 is 1.62 bits per heavy atom. The van der Waals surface area contributed by atoms with Crippen molar-refractivity contribution >= 4 is 45.7 Å². The van der Waals surface area contributed by atoms with Crippen molar-refractivity contribution in [3.63, 3.8) is 0 Å². The smallest absolute Gasteiger partial charge is 0.281 e. The van der Waals surface area contributed by atoms with E-state index >= 15 is 0 Å². The van der Waals surface area contributed by atoms with Gasteiger partial charge in [-0.3, -0.25) is 15.1 Å². The van der Waals surface area contributed by atoms with Gasteiger partial charge in [-0.1, -0.05) is 59.1 Å². The van der Waals surface area contributed by atoms with Crippen LogP contribution in [0.5, 0.6) is 0 Å². The molecule has 144 valence electrons.